The first kappa shape index (κ1) is 21.6. The number of benzene rings is 2. The van der Waals surface area contributed by atoms with Crippen molar-refractivity contribution < 1.29 is 23.9 Å². The second-order valence-electron chi connectivity index (χ2n) is 7.41. The molecular weight excluding hydrogens is 382 g/mol. The minimum atomic E-state index is -0.529. The lowest BCUT2D eigenvalue weighted by Crippen LogP contribution is -2.37. The number of ketones is 1. The number of carbonyl (C=O) groups is 3. The lowest BCUT2D eigenvalue weighted by atomic mass is 9.94. The smallest absolute Gasteiger partial charge is 0.410 e. The van der Waals surface area contributed by atoms with Crippen molar-refractivity contribution in [3.63, 3.8) is 0 Å². The van der Waals surface area contributed by atoms with Crippen LogP contribution in [-0.2, 0) is 25.7 Å². The molecule has 0 radical (unpaired) electrons. The predicted octanol–water partition coefficient (Wildman–Crippen LogP) is 4.09. The SMILES string of the molecule is CCOC(=O)CC(=O)CC1CC(c2ccccc2)CN1C(=O)OCc1ccccc1. The van der Waals surface area contributed by atoms with Gasteiger partial charge < -0.3 is 14.4 Å². The fourth-order valence-corrected chi connectivity index (χ4v) is 3.81. The third-order valence-electron chi connectivity index (χ3n) is 5.24. The van der Waals surface area contributed by atoms with Gasteiger partial charge in [0.25, 0.3) is 0 Å². The zero-order valence-electron chi connectivity index (χ0n) is 17.2. The van der Waals surface area contributed by atoms with Gasteiger partial charge in [-0.25, -0.2) is 4.79 Å². The Kier molecular flexibility index (Phi) is 7.60. The van der Waals surface area contributed by atoms with Gasteiger partial charge in [0.15, 0.2) is 0 Å². The summed E-state index contributed by atoms with van der Waals surface area (Å²) >= 11 is 0. The third-order valence-corrected chi connectivity index (χ3v) is 5.24. The number of hydrogen-bond donors (Lipinski definition) is 0. The van der Waals surface area contributed by atoms with Gasteiger partial charge in [-0.15, -0.1) is 0 Å². The van der Waals surface area contributed by atoms with Gasteiger partial charge in [-0.3, -0.25) is 9.59 Å². The van der Waals surface area contributed by atoms with Crippen molar-refractivity contribution in [1.29, 1.82) is 0 Å². The molecule has 1 aliphatic heterocycles. The average molecular weight is 409 g/mol. The van der Waals surface area contributed by atoms with Gasteiger partial charge in [0.1, 0.15) is 18.8 Å². The molecule has 2 aromatic carbocycles. The molecule has 1 fully saturated rings. The van der Waals surface area contributed by atoms with E-state index in [1.807, 2.05) is 60.7 Å². The van der Waals surface area contributed by atoms with E-state index in [4.69, 9.17) is 9.47 Å². The number of hydrogen-bond acceptors (Lipinski definition) is 5. The molecule has 30 heavy (non-hydrogen) atoms. The van der Waals surface area contributed by atoms with Gasteiger partial charge in [0.2, 0.25) is 0 Å². The maximum atomic E-state index is 12.8. The summed E-state index contributed by atoms with van der Waals surface area (Å²) in [5.41, 5.74) is 2.03. The summed E-state index contributed by atoms with van der Waals surface area (Å²) in [6, 6.07) is 19.1. The van der Waals surface area contributed by atoms with Crippen molar-refractivity contribution in [2.75, 3.05) is 13.2 Å². The zero-order chi connectivity index (χ0) is 21.3. The van der Waals surface area contributed by atoms with E-state index < -0.39 is 12.1 Å². The maximum absolute atomic E-state index is 12.8. The van der Waals surface area contributed by atoms with Crippen molar-refractivity contribution in [2.24, 2.45) is 0 Å². The standard InChI is InChI=1S/C24H27NO5/c1-2-29-23(27)15-22(26)14-21-13-20(19-11-7-4-8-12-19)16-25(21)24(28)30-17-18-9-5-3-6-10-18/h3-12,20-21H,2,13-17H2,1H3. The summed E-state index contributed by atoms with van der Waals surface area (Å²) in [5, 5.41) is 0. The second-order valence-corrected chi connectivity index (χ2v) is 7.41. The Morgan fingerprint density at radius 2 is 1.63 bits per heavy atom. The molecule has 0 spiro atoms. The minimum Gasteiger partial charge on any atom is -0.466 e. The summed E-state index contributed by atoms with van der Waals surface area (Å²) in [6.07, 6.45) is 0.0562. The van der Waals surface area contributed by atoms with Gasteiger partial charge in [-0.2, -0.15) is 0 Å². The normalized spacial score (nSPS) is 18.1. The number of esters is 1. The zero-order valence-corrected chi connectivity index (χ0v) is 17.2. The number of rotatable bonds is 8. The molecule has 1 saturated heterocycles. The summed E-state index contributed by atoms with van der Waals surface area (Å²) in [4.78, 5) is 38.5. The second kappa shape index (κ2) is 10.6. The molecule has 0 aromatic heterocycles. The molecule has 0 saturated carbocycles. The lowest BCUT2D eigenvalue weighted by molar-refractivity contribution is -0.145. The molecule has 1 aliphatic rings. The molecule has 158 valence electrons. The molecule has 0 N–H and O–H groups in total. The van der Waals surface area contributed by atoms with Crippen LogP contribution in [0.25, 0.3) is 0 Å². The average Bonchev–Trinajstić information content (AvgIpc) is 3.17. The molecule has 6 heteroatoms. The van der Waals surface area contributed by atoms with Gasteiger partial charge in [-0.1, -0.05) is 60.7 Å². The number of carbonyl (C=O) groups excluding carboxylic acids is 3. The Balaban J connectivity index is 1.67. The first-order valence-electron chi connectivity index (χ1n) is 10.3. The van der Waals surface area contributed by atoms with E-state index >= 15 is 0 Å². The number of Topliss-reactive ketones (excluding diaryl/α,β-unsaturated/α-hetero) is 1. The monoisotopic (exact) mass is 409 g/mol. The van der Waals surface area contributed by atoms with Crippen LogP contribution < -0.4 is 0 Å². The van der Waals surface area contributed by atoms with E-state index in [9.17, 15) is 14.4 Å². The Morgan fingerprint density at radius 1 is 0.967 bits per heavy atom. The number of nitrogens with zero attached hydrogens (tertiary/aromatic N) is 1. The molecule has 1 amide bonds. The van der Waals surface area contributed by atoms with Gasteiger partial charge >= 0.3 is 12.1 Å². The van der Waals surface area contributed by atoms with E-state index in [1.54, 1.807) is 11.8 Å². The summed E-state index contributed by atoms with van der Waals surface area (Å²) in [6.45, 7) is 2.60. The van der Waals surface area contributed by atoms with Crippen LogP contribution in [-0.4, -0.2) is 41.9 Å². The molecule has 0 aliphatic carbocycles. The van der Waals surface area contributed by atoms with Crippen molar-refractivity contribution in [3.8, 4) is 0 Å². The molecule has 0 bridgehead atoms. The molecule has 2 unspecified atom stereocenters. The Hall–Kier alpha value is -3.15. The van der Waals surface area contributed by atoms with Crippen LogP contribution in [0.15, 0.2) is 60.7 Å². The topological polar surface area (TPSA) is 72.9 Å². The summed E-state index contributed by atoms with van der Waals surface area (Å²) < 4.78 is 10.4. The quantitative estimate of drug-likeness (QED) is 0.485. The Labute approximate surface area is 176 Å². The Morgan fingerprint density at radius 3 is 2.30 bits per heavy atom. The first-order chi connectivity index (χ1) is 14.6. The molecule has 6 nitrogen and oxygen atoms in total. The minimum absolute atomic E-state index is 0.114. The predicted molar refractivity (Wildman–Crippen MR) is 112 cm³/mol. The highest BCUT2D eigenvalue weighted by atomic mass is 16.6. The maximum Gasteiger partial charge on any atom is 0.410 e. The molecule has 3 rings (SSSR count). The van der Waals surface area contributed by atoms with Crippen LogP contribution in [0.5, 0.6) is 0 Å². The fourth-order valence-electron chi connectivity index (χ4n) is 3.81. The summed E-state index contributed by atoms with van der Waals surface area (Å²) in [7, 11) is 0. The highest BCUT2D eigenvalue weighted by Crippen LogP contribution is 2.34. The first-order valence-corrected chi connectivity index (χ1v) is 10.3. The van der Waals surface area contributed by atoms with Gasteiger partial charge in [0.05, 0.1) is 6.61 Å². The van der Waals surface area contributed by atoms with Crippen molar-refractivity contribution in [3.05, 3.63) is 71.8 Å². The number of amides is 1. The molecule has 2 atom stereocenters. The van der Waals surface area contributed by atoms with Crippen molar-refractivity contribution in [1.82, 2.24) is 4.90 Å². The largest absolute Gasteiger partial charge is 0.466 e. The molecule has 2 aromatic rings. The molecule has 1 heterocycles. The van der Waals surface area contributed by atoms with Gasteiger partial charge in [0, 0.05) is 24.9 Å². The summed E-state index contributed by atoms with van der Waals surface area (Å²) in [5.74, 6) is -0.637. The Bertz CT molecular complexity index is 852. The van der Waals surface area contributed by atoms with E-state index in [1.165, 1.54) is 0 Å². The van der Waals surface area contributed by atoms with Gasteiger partial charge in [-0.05, 0) is 24.5 Å². The fraction of sp³-hybridized carbons (Fsp3) is 0.375. The van der Waals surface area contributed by atoms with Crippen LogP contribution in [0.4, 0.5) is 4.79 Å². The number of likely N-dealkylation sites (tertiary alicyclic amines) is 1. The van der Waals surface area contributed by atoms with Crippen LogP contribution in [0, 0.1) is 0 Å². The van der Waals surface area contributed by atoms with E-state index in [2.05, 4.69) is 0 Å². The lowest BCUT2D eigenvalue weighted by Gasteiger charge is -2.23. The number of ether oxygens (including phenoxy) is 2. The third kappa shape index (κ3) is 5.92. The highest BCUT2D eigenvalue weighted by molar-refractivity contribution is 5.96. The van der Waals surface area contributed by atoms with Crippen LogP contribution in [0.1, 0.15) is 43.2 Å². The van der Waals surface area contributed by atoms with E-state index in [0.717, 1.165) is 11.1 Å². The van der Waals surface area contributed by atoms with Crippen LogP contribution >= 0.6 is 0 Å². The van der Waals surface area contributed by atoms with Crippen molar-refractivity contribution >= 4 is 17.8 Å². The molecular formula is C24H27NO5. The van der Waals surface area contributed by atoms with E-state index in [-0.39, 0.29) is 43.8 Å². The highest BCUT2D eigenvalue weighted by Gasteiger charge is 2.38. The van der Waals surface area contributed by atoms with Crippen molar-refractivity contribution in [2.45, 2.75) is 44.8 Å². The van der Waals surface area contributed by atoms with Crippen LogP contribution in [0.3, 0.4) is 0 Å². The van der Waals surface area contributed by atoms with E-state index in [0.29, 0.717) is 13.0 Å². The van der Waals surface area contributed by atoms with Crippen LogP contribution in [0.2, 0.25) is 0 Å².